The van der Waals surface area contributed by atoms with E-state index in [2.05, 4.69) is 0 Å². The Hall–Kier alpha value is -0.410. The van der Waals surface area contributed by atoms with Crippen LogP contribution >= 0.6 is 0 Å². The van der Waals surface area contributed by atoms with Crippen molar-refractivity contribution in [3.63, 3.8) is 0 Å². The first-order valence-corrected chi connectivity index (χ1v) is 4.40. The minimum Gasteiger partial charge on any atom is -0.395 e. The summed E-state index contributed by atoms with van der Waals surface area (Å²) in [4.78, 5) is 13.1. The zero-order chi connectivity index (χ0) is 9.56. The van der Waals surface area contributed by atoms with Crippen LogP contribution in [-0.4, -0.2) is 42.5 Å². The Bertz CT molecular complexity index is 134. The quantitative estimate of drug-likeness (QED) is 0.637. The number of hydrogen-bond donors (Lipinski definition) is 1. The summed E-state index contributed by atoms with van der Waals surface area (Å²) in [5.41, 5.74) is 0. The highest BCUT2D eigenvalue weighted by atomic mass is 16.3. The van der Waals surface area contributed by atoms with E-state index in [1.807, 2.05) is 25.8 Å². The van der Waals surface area contributed by atoms with Gasteiger partial charge in [-0.1, -0.05) is 13.8 Å². The van der Waals surface area contributed by atoms with Gasteiger partial charge in [-0.25, -0.2) is 0 Å². The van der Waals surface area contributed by atoms with Crippen LogP contribution in [0.4, 0.5) is 0 Å². The van der Waals surface area contributed by atoms with Gasteiger partial charge in [-0.3, -0.25) is 4.79 Å². The highest BCUT2D eigenvalue weighted by Crippen LogP contribution is 1.99. The number of carbonyl (C=O) groups is 1. The van der Waals surface area contributed by atoms with Gasteiger partial charge in [-0.05, 0) is 7.05 Å². The molecule has 0 spiro atoms. The molecule has 0 aliphatic rings. The van der Waals surface area contributed by atoms with E-state index >= 15 is 0 Å². The predicted octanol–water partition coefficient (Wildman–Crippen LogP) is 0.526. The summed E-state index contributed by atoms with van der Waals surface area (Å²) < 4.78 is 0. The number of nitrogens with zero attached hydrogens (tertiary/aromatic N) is 1. The molecule has 0 unspecified atom stereocenters. The van der Waals surface area contributed by atoms with Crippen LogP contribution in [0.1, 0.15) is 20.3 Å². The first-order valence-electron chi connectivity index (χ1n) is 4.40. The fourth-order valence-corrected chi connectivity index (χ4v) is 0.872. The van der Waals surface area contributed by atoms with Crippen LogP contribution in [-0.2, 0) is 4.79 Å². The second-order valence-corrected chi connectivity index (χ2v) is 3.40. The smallest absolute Gasteiger partial charge is 0.136 e. The summed E-state index contributed by atoms with van der Waals surface area (Å²) in [5, 5.41) is 8.58. The molecule has 0 saturated heterocycles. The standard InChI is InChI=1S/C9H19NO2/c1-8(2)9(12)4-5-10(3)6-7-11/h8,11H,4-7H2,1-3H3. The number of rotatable bonds is 6. The largest absolute Gasteiger partial charge is 0.395 e. The summed E-state index contributed by atoms with van der Waals surface area (Å²) in [5.74, 6) is 0.423. The summed E-state index contributed by atoms with van der Waals surface area (Å²) in [7, 11) is 1.91. The van der Waals surface area contributed by atoms with Crippen molar-refractivity contribution in [2.75, 3.05) is 26.7 Å². The van der Waals surface area contributed by atoms with Gasteiger partial charge in [0.2, 0.25) is 0 Å². The molecule has 3 nitrogen and oxygen atoms in total. The number of hydrogen-bond acceptors (Lipinski definition) is 3. The Balaban J connectivity index is 3.47. The molecular weight excluding hydrogens is 154 g/mol. The van der Waals surface area contributed by atoms with Crippen LogP contribution in [0.2, 0.25) is 0 Å². The fourth-order valence-electron chi connectivity index (χ4n) is 0.872. The number of carbonyl (C=O) groups excluding carboxylic acids is 1. The van der Waals surface area contributed by atoms with Crippen LogP contribution in [0.5, 0.6) is 0 Å². The number of Topliss-reactive ketones (excluding diaryl/α,β-unsaturated/α-hetero) is 1. The normalized spacial score (nSPS) is 11.2. The first kappa shape index (κ1) is 11.6. The van der Waals surface area contributed by atoms with E-state index in [4.69, 9.17) is 5.11 Å². The molecule has 0 rings (SSSR count). The van der Waals surface area contributed by atoms with E-state index in [9.17, 15) is 4.79 Å². The van der Waals surface area contributed by atoms with Crippen LogP contribution in [0, 0.1) is 5.92 Å². The summed E-state index contributed by atoms with van der Waals surface area (Å²) in [6, 6.07) is 0. The van der Waals surface area contributed by atoms with Crippen molar-refractivity contribution in [2.45, 2.75) is 20.3 Å². The maximum atomic E-state index is 11.2. The zero-order valence-electron chi connectivity index (χ0n) is 8.21. The van der Waals surface area contributed by atoms with Gasteiger partial charge < -0.3 is 10.0 Å². The Kier molecular flexibility index (Phi) is 5.93. The maximum Gasteiger partial charge on any atom is 0.136 e. The average Bonchev–Trinajstić information content (AvgIpc) is 2.00. The SMILES string of the molecule is CC(C)C(=O)CCN(C)CCO. The minimum absolute atomic E-state index is 0.132. The summed E-state index contributed by atoms with van der Waals surface area (Å²) in [6.45, 7) is 5.37. The molecule has 0 aromatic carbocycles. The predicted molar refractivity (Wildman–Crippen MR) is 49.0 cm³/mol. The molecule has 12 heavy (non-hydrogen) atoms. The molecular formula is C9H19NO2. The maximum absolute atomic E-state index is 11.2. The topological polar surface area (TPSA) is 40.5 Å². The van der Waals surface area contributed by atoms with Crippen LogP contribution in [0.25, 0.3) is 0 Å². The third-order valence-electron chi connectivity index (χ3n) is 1.87. The third kappa shape index (κ3) is 5.27. The van der Waals surface area contributed by atoms with E-state index in [1.54, 1.807) is 0 Å². The van der Waals surface area contributed by atoms with Gasteiger partial charge >= 0.3 is 0 Å². The van der Waals surface area contributed by atoms with Crippen molar-refractivity contribution >= 4 is 5.78 Å². The summed E-state index contributed by atoms with van der Waals surface area (Å²) >= 11 is 0. The molecule has 0 fully saturated rings. The number of aliphatic hydroxyl groups is 1. The lowest BCUT2D eigenvalue weighted by atomic mass is 10.1. The fraction of sp³-hybridized carbons (Fsp3) is 0.889. The lowest BCUT2D eigenvalue weighted by Crippen LogP contribution is -2.25. The van der Waals surface area contributed by atoms with Crippen molar-refractivity contribution in [1.82, 2.24) is 4.90 Å². The molecule has 3 heteroatoms. The van der Waals surface area contributed by atoms with Crippen molar-refractivity contribution in [1.29, 1.82) is 0 Å². The molecule has 0 heterocycles. The van der Waals surface area contributed by atoms with E-state index in [0.717, 1.165) is 6.54 Å². The van der Waals surface area contributed by atoms with E-state index in [1.165, 1.54) is 0 Å². The molecule has 0 aromatic heterocycles. The van der Waals surface area contributed by atoms with Crippen molar-refractivity contribution < 1.29 is 9.90 Å². The highest BCUT2D eigenvalue weighted by Gasteiger charge is 2.07. The Morgan fingerprint density at radius 1 is 1.42 bits per heavy atom. The minimum atomic E-state index is 0.132. The van der Waals surface area contributed by atoms with Crippen LogP contribution in [0.3, 0.4) is 0 Å². The highest BCUT2D eigenvalue weighted by molar-refractivity contribution is 5.80. The van der Waals surface area contributed by atoms with Gasteiger partial charge in [-0.15, -0.1) is 0 Å². The van der Waals surface area contributed by atoms with Gasteiger partial charge in [0, 0.05) is 25.4 Å². The zero-order valence-corrected chi connectivity index (χ0v) is 8.21. The van der Waals surface area contributed by atoms with Crippen molar-refractivity contribution in [3.05, 3.63) is 0 Å². The third-order valence-corrected chi connectivity index (χ3v) is 1.87. The average molecular weight is 173 g/mol. The molecule has 0 bridgehead atoms. The van der Waals surface area contributed by atoms with Gasteiger partial charge in [0.15, 0.2) is 0 Å². The molecule has 0 aliphatic heterocycles. The molecule has 0 atom stereocenters. The molecule has 72 valence electrons. The van der Waals surface area contributed by atoms with Gasteiger partial charge in [0.05, 0.1) is 6.61 Å². The van der Waals surface area contributed by atoms with E-state index < -0.39 is 0 Å². The van der Waals surface area contributed by atoms with Crippen molar-refractivity contribution in [2.24, 2.45) is 5.92 Å². The van der Waals surface area contributed by atoms with Crippen LogP contribution in [0.15, 0.2) is 0 Å². The molecule has 0 amide bonds. The number of likely N-dealkylation sites (N-methyl/N-ethyl adjacent to an activating group) is 1. The molecule has 0 aromatic rings. The lowest BCUT2D eigenvalue weighted by molar-refractivity contribution is -0.122. The summed E-state index contributed by atoms with van der Waals surface area (Å²) in [6.07, 6.45) is 0.591. The Morgan fingerprint density at radius 3 is 2.42 bits per heavy atom. The molecule has 0 aliphatic carbocycles. The molecule has 1 N–H and O–H groups in total. The Labute approximate surface area is 74.4 Å². The van der Waals surface area contributed by atoms with Gasteiger partial charge in [0.25, 0.3) is 0 Å². The molecule has 0 radical (unpaired) electrons. The van der Waals surface area contributed by atoms with E-state index in [0.29, 0.717) is 18.7 Å². The monoisotopic (exact) mass is 173 g/mol. The van der Waals surface area contributed by atoms with E-state index in [-0.39, 0.29) is 12.5 Å². The first-order chi connectivity index (χ1) is 5.57. The number of aliphatic hydroxyl groups excluding tert-OH is 1. The van der Waals surface area contributed by atoms with Gasteiger partial charge in [-0.2, -0.15) is 0 Å². The lowest BCUT2D eigenvalue weighted by Gasteiger charge is -2.14. The second-order valence-electron chi connectivity index (χ2n) is 3.40. The second kappa shape index (κ2) is 6.14. The number of ketones is 1. The Morgan fingerprint density at radius 2 is 2.00 bits per heavy atom. The molecule has 0 saturated carbocycles. The van der Waals surface area contributed by atoms with Gasteiger partial charge in [0.1, 0.15) is 5.78 Å². The van der Waals surface area contributed by atoms with Crippen LogP contribution < -0.4 is 0 Å². The van der Waals surface area contributed by atoms with Crippen molar-refractivity contribution in [3.8, 4) is 0 Å².